The number of pyridine rings is 1. The molecule has 8 heteroatoms. The fourth-order valence-corrected chi connectivity index (χ4v) is 4.17. The lowest BCUT2D eigenvalue weighted by molar-refractivity contribution is -0.121. The lowest BCUT2D eigenvalue weighted by Gasteiger charge is -2.18. The lowest BCUT2D eigenvalue weighted by Crippen LogP contribution is -2.26. The monoisotopic (exact) mass is 424 g/mol. The van der Waals surface area contributed by atoms with Crippen LogP contribution in [-0.2, 0) is 18.4 Å². The number of carbonyl (C=O) groups excluding carboxylic acids is 1. The number of nitriles is 1. The van der Waals surface area contributed by atoms with E-state index in [0.717, 1.165) is 11.1 Å². The zero-order valence-electron chi connectivity index (χ0n) is 16.6. The number of anilines is 1. The largest absolute Gasteiger partial charge is 0.367 e. The van der Waals surface area contributed by atoms with Gasteiger partial charge in [0, 0.05) is 26.2 Å². The maximum absolute atomic E-state index is 12.6. The van der Waals surface area contributed by atoms with E-state index >= 15 is 0 Å². The van der Waals surface area contributed by atoms with Gasteiger partial charge in [0.1, 0.15) is 21.8 Å². The summed E-state index contributed by atoms with van der Waals surface area (Å²) in [5.74, 6) is 0.352. The lowest BCUT2D eigenvalue weighted by atomic mass is 10.0. The molecule has 1 saturated heterocycles. The van der Waals surface area contributed by atoms with E-state index in [4.69, 9.17) is 12.2 Å². The average Bonchev–Trinajstić information content (AvgIpc) is 2.94. The van der Waals surface area contributed by atoms with Crippen LogP contribution in [0.2, 0.25) is 0 Å². The summed E-state index contributed by atoms with van der Waals surface area (Å²) in [6.07, 6.45) is 1.70. The molecular formula is C21H20N4O2S2. The van der Waals surface area contributed by atoms with E-state index in [1.54, 1.807) is 27.1 Å². The van der Waals surface area contributed by atoms with Crippen molar-refractivity contribution in [3.8, 4) is 6.07 Å². The van der Waals surface area contributed by atoms with Crippen molar-refractivity contribution in [2.45, 2.75) is 20.4 Å². The number of thioether (sulfide) groups is 1. The molecule has 1 aromatic carbocycles. The van der Waals surface area contributed by atoms with Crippen LogP contribution in [-0.4, -0.2) is 26.7 Å². The molecule has 148 valence electrons. The van der Waals surface area contributed by atoms with Gasteiger partial charge < -0.3 is 5.32 Å². The van der Waals surface area contributed by atoms with Gasteiger partial charge in [-0.25, -0.2) is 0 Å². The Morgan fingerprint density at radius 3 is 2.41 bits per heavy atom. The quantitative estimate of drug-likeness (QED) is 0.599. The Hall–Kier alpha value is -2.89. The van der Waals surface area contributed by atoms with Gasteiger partial charge in [0.2, 0.25) is 0 Å². The number of aromatic nitrogens is 1. The normalized spacial score (nSPS) is 15.1. The molecule has 0 aliphatic carbocycles. The van der Waals surface area contributed by atoms with Gasteiger partial charge in [-0.3, -0.25) is 19.1 Å². The van der Waals surface area contributed by atoms with Crippen molar-refractivity contribution < 1.29 is 4.79 Å². The molecule has 3 rings (SSSR count). The Balaban J connectivity index is 2.10. The van der Waals surface area contributed by atoms with Gasteiger partial charge in [-0.2, -0.15) is 5.26 Å². The summed E-state index contributed by atoms with van der Waals surface area (Å²) in [6, 6.07) is 10.1. The molecule has 0 atom stereocenters. The molecule has 1 N–H and O–H groups in total. The van der Waals surface area contributed by atoms with Crippen LogP contribution in [0, 0.1) is 25.2 Å². The number of aryl methyl sites for hydroxylation is 1. The van der Waals surface area contributed by atoms with Crippen molar-refractivity contribution >= 4 is 46.1 Å². The number of amides is 1. The first-order valence-corrected chi connectivity index (χ1v) is 10.1. The van der Waals surface area contributed by atoms with Crippen LogP contribution < -0.4 is 10.9 Å². The molecule has 0 radical (unpaired) electrons. The fourth-order valence-electron chi connectivity index (χ4n) is 3.01. The molecule has 0 spiro atoms. The summed E-state index contributed by atoms with van der Waals surface area (Å²) in [7, 11) is 3.24. The highest BCUT2D eigenvalue weighted by molar-refractivity contribution is 8.26. The standard InChI is InChI=1S/C21H20N4O2S2/c1-12-5-7-14(8-6-12)11-23-18-15(9-17-20(27)25(4)21(28)29-17)13(2)16(10-22)19(26)24(18)3/h5-9,23H,11H2,1-4H3/b17-9-. The van der Waals surface area contributed by atoms with E-state index in [0.29, 0.717) is 32.7 Å². The van der Waals surface area contributed by atoms with Crippen molar-refractivity contribution in [3.63, 3.8) is 0 Å². The summed E-state index contributed by atoms with van der Waals surface area (Å²) in [4.78, 5) is 27.0. The highest BCUT2D eigenvalue weighted by Crippen LogP contribution is 2.34. The molecule has 2 aromatic rings. The Morgan fingerprint density at radius 2 is 1.86 bits per heavy atom. The summed E-state index contributed by atoms with van der Waals surface area (Å²) >= 11 is 6.41. The highest BCUT2D eigenvalue weighted by atomic mass is 32.2. The minimum Gasteiger partial charge on any atom is -0.367 e. The van der Waals surface area contributed by atoms with E-state index < -0.39 is 0 Å². The van der Waals surface area contributed by atoms with Crippen LogP contribution in [0.4, 0.5) is 5.82 Å². The van der Waals surface area contributed by atoms with Gasteiger partial charge in [-0.05, 0) is 31.1 Å². The van der Waals surface area contributed by atoms with E-state index in [-0.39, 0.29) is 17.0 Å². The van der Waals surface area contributed by atoms with Crippen molar-refractivity contribution in [2.24, 2.45) is 7.05 Å². The van der Waals surface area contributed by atoms with E-state index in [2.05, 4.69) is 5.32 Å². The first kappa shape index (κ1) is 20.8. The predicted molar refractivity (Wildman–Crippen MR) is 121 cm³/mol. The Morgan fingerprint density at radius 1 is 1.21 bits per heavy atom. The number of carbonyl (C=O) groups is 1. The first-order chi connectivity index (χ1) is 13.7. The van der Waals surface area contributed by atoms with Crippen LogP contribution in [0.5, 0.6) is 0 Å². The van der Waals surface area contributed by atoms with Gasteiger partial charge in [-0.15, -0.1) is 0 Å². The van der Waals surface area contributed by atoms with Crippen molar-refractivity contribution in [1.82, 2.24) is 9.47 Å². The summed E-state index contributed by atoms with van der Waals surface area (Å²) in [5, 5.41) is 12.8. The third-order valence-electron chi connectivity index (χ3n) is 4.84. The Labute approximate surface area is 178 Å². The molecule has 1 aliphatic rings. The fraction of sp³-hybridized carbons (Fsp3) is 0.238. The maximum atomic E-state index is 12.6. The first-order valence-electron chi connectivity index (χ1n) is 8.89. The van der Waals surface area contributed by atoms with Crippen molar-refractivity contribution in [3.05, 3.63) is 67.3 Å². The van der Waals surface area contributed by atoms with Gasteiger partial charge in [0.05, 0.1) is 4.91 Å². The molecule has 0 unspecified atom stereocenters. The molecule has 0 saturated carbocycles. The van der Waals surface area contributed by atoms with Crippen LogP contribution in [0.1, 0.15) is 27.8 Å². The second-order valence-electron chi connectivity index (χ2n) is 6.82. The molecule has 1 fully saturated rings. The van der Waals surface area contributed by atoms with Crippen molar-refractivity contribution in [2.75, 3.05) is 12.4 Å². The summed E-state index contributed by atoms with van der Waals surface area (Å²) < 4.78 is 1.89. The zero-order chi connectivity index (χ0) is 21.3. The Bertz CT molecular complexity index is 1140. The minimum absolute atomic E-state index is 0.0617. The molecule has 6 nitrogen and oxygen atoms in total. The smallest absolute Gasteiger partial charge is 0.270 e. The number of rotatable bonds is 4. The number of nitrogens with one attached hydrogen (secondary N) is 1. The molecule has 0 bridgehead atoms. The summed E-state index contributed by atoms with van der Waals surface area (Å²) in [5.41, 5.74) is 3.06. The van der Waals surface area contributed by atoms with Crippen LogP contribution in [0.3, 0.4) is 0 Å². The minimum atomic E-state index is -0.378. The molecular weight excluding hydrogens is 404 g/mol. The van der Waals surface area contributed by atoms with Crippen LogP contribution in [0.15, 0.2) is 34.0 Å². The van der Waals surface area contributed by atoms with Gasteiger partial charge >= 0.3 is 0 Å². The molecule has 1 aliphatic heterocycles. The van der Waals surface area contributed by atoms with E-state index in [1.165, 1.54) is 21.2 Å². The molecule has 2 heterocycles. The van der Waals surface area contributed by atoms with Crippen LogP contribution in [0.25, 0.3) is 6.08 Å². The number of benzene rings is 1. The van der Waals surface area contributed by atoms with E-state index in [1.807, 2.05) is 37.3 Å². The number of hydrogen-bond acceptors (Lipinski definition) is 6. The van der Waals surface area contributed by atoms with E-state index in [9.17, 15) is 14.9 Å². The number of likely N-dealkylation sites (N-methyl/N-ethyl adjacent to an activating group) is 1. The maximum Gasteiger partial charge on any atom is 0.270 e. The number of thiocarbonyl (C=S) groups is 1. The van der Waals surface area contributed by atoms with Crippen LogP contribution >= 0.6 is 24.0 Å². The molecule has 1 amide bonds. The second-order valence-corrected chi connectivity index (χ2v) is 8.49. The van der Waals surface area contributed by atoms with Gasteiger partial charge in [-0.1, -0.05) is 53.8 Å². The third kappa shape index (κ3) is 3.97. The SMILES string of the molecule is Cc1ccc(CNc2c(/C=C3\SC(=S)N(C)C3=O)c(C)c(C#N)c(=O)n2C)cc1. The number of nitrogens with zero attached hydrogens (tertiary/aromatic N) is 3. The summed E-state index contributed by atoms with van der Waals surface area (Å²) in [6.45, 7) is 4.23. The zero-order valence-corrected chi connectivity index (χ0v) is 18.2. The number of hydrogen-bond donors (Lipinski definition) is 1. The highest BCUT2D eigenvalue weighted by Gasteiger charge is 2.29. The topological polar surface area (TPSA) is 78.1 Å². The third-order valence-corrected chi connectivity index (χ3v) is 6.33. The van der Waals surface area contributed by atoms with Crippen molar-refractivity contribution in [1.29, 1.82) is 5.26 Å². The average molecular weight is 425 g/mol. The Kier molecular flexibility index (Phi) is 5.91. The molecule has 1 aromatic heterocycles. The predicted octanol–water partition coefficient (Wildman–Crippen LogP) is 3.32. The second kappa shape index (κ2) is 8.23. The van der Waals surface area contributed by atoms with Gasteiger partial charge in [0.15, 0.2) is 0 Å². The molecule has 29 heavy (non-hydrogen) atoms. The van der Waals surface area contributed by atoms with Gasteiger partial charge in [0.25, 0.3) is 11.5 Å².